The summed E-state index contributed by atoms with van der Waals surface area (Å²) in [5.74, 6) is 0.542. The summed E-state index contributed by atoms with van der Waals surface area (Å²) < 4.78 is 0. The molecule has 0 radical (unpaired) electrons. The van der Waals surface area contributed by atoms with E-state index in [4.69, 9.17) is 11.0 Å². The molecule has 0 atom stereocenters. The third kappa shape index (κ3) is 3.46. The van der Waals surface area contributed by atoms with E-state index in [9.17, 15) is 0 Å². The van der Waals surface area contributed by atoms with E-state index < -0.39 is 0 Å². The molecule has 0 amide bonds. The second-order valence-corrected chi connectivity index (χ2v) is 4.21. The number of aromatic nitrogens is 1. The van der Waals surface area contributed by atoms with Crippen LogP contribution in [0.25, 0.3) is 0 Å². The van der Waals surface area contributed by atoms with Crippen molar-refractivity contribution in [1.82, 2.24) is 4.98 Å². The molecule has 0 aliphatic carbocycles. The maximum absolute atomic E-state index is 8.77. The lowest BCUT2D eigenvalue weighted by Crippen LogP contribution is -2.24. The highest BCUT2D eigenvalue weighted by Gasteiger charge is 2.09. The van der Waals surface area contributed by atoms with Crippen molar-refractivity contribution in [2.45, 2.75) is 13.0 Å². The molecule has 0 saturated heterocycles. The van der Waals surface area contributed by atoms with Gasteiger partial charge in [0, 0.05) is 30.5 Å². The number of nitrogens with two attached hydrogens (primary N) is 1. The van der Waals surface area contributed by atoms with Gasteiger partial charge in [0.15, 0.2) is 0 Å². The topological polar surface area (TPSA) is 65.9 Å². The zero-order valence-electron chi connectivity index (χ0n) is 10.7. The molecule has 2 rings (SSSR count). The number of nitriles is 1. The maximum atomic E-state index is 8.77. The van der Waals surface area contributed by atoms with Crippen molar-refractivity contribution in [3.8, 4) is 6.07 Å². The first-order chi connectivity index (χ1) is 9.31. The Morgan fingerprint density at radius 1 is 1.16 bits per heavy atom. The second kappa shape index (κ2) is 6.41. The Balaban J connectivity index is 2.20. The quantitative estimate of drug-likeness (QED) is 0.888. The van der Waals surface area contributed by atoms with Crippen LogP contribution in [-0.2, 0) is 6.54 Å². The van der Waals surface area contributed by atoms with Gasteiger partial charge in [0.2, 0.25) is 0 Å². The van der Waals surface area contributed by atoms with E-state index >= 15 is 0 Å². The Kier molecular flexibility index (Phi) is 4.35. The fraction of sp³-hybridized carbons (Fsp3) is 0.200. The SMILES string of the molecule is N#CCCN(Cc1cccnc1N)c1ccccc1. The summed E-state index contributed by atoms with van der Waals surface area (Å²) in [6, 6.07) is 16.0. The summed E-state index contributed by atoms with van der Waals surface area (Å²) in [5, 5.41) is 8.77. The molecular weight excluding hydrogens is 236 g/mol. The molecule has 1 aromatic carbocycles. The van der Waals surface area contributed by atoms with Crippen molar-refractivity contribution in [2.75, 3.05) is 17.2 Å². The van der Waals surface area contributed by atoms with Gasteiger partial charge in [-0.1, -0.05) is 24.3 Å². The lowest BCUT2D eigenvalue weighted by molar-refractivity contribution is 0.797. The van der Waals surface area contributed by atoms with Crippen LogP contribution in [0, 0.1) is 11.3 Å². The van der Waals surface area contributed by atoms with Gasteiger partial charge in [-0.25, -0.2) is 4.98 Å². The number of rotatable bonds is 5. The van der Waals surface area contributed by atoms with Crippen molar-refractivity contribution in [2.24, 2.45) is 0 Å². The Hall–Kier alpha value is -2.54. The van der Waals surface area contributed by atoms with Crippen molar-refractivity contribution in [3.05, 3.63) is 54.2 Å². The Bertz CT molecular complexity index is 560. The van der Waals surface area contributed by atoms with E-state index in [0.29, 0.717) is 25.3 Å². The number of para-hydroxylation sites is 1. The molecule has 0 aliphatic rings. The molecular formula is C15H16N4. The van der Waals surface area contributed by atoms with E-state index in [1.807, 2.05) is 42.5 Å². The molecule has 2 aromatic rings. The predicted molar refractivity (Wildman–Crippen MR) is 76.4 cm³/mol. The van der Waals surface area contributed by atoms with Gasteiger partial charge in [0.05, 0.1) is 12.5 Å². The van der Waals surface area contributed by atoms with Crippen molar-refractivity contribution in [1.29, 1.82) is 5.26 Å². The summed E-state index contributed by atoms with van der Waals surface area (Å²) in [6.07, 6.45) is 2.16. The molecule has 0 bridgehead atoms. The van der Waals surface area contributed by atoms with Gasteiger partial charge < -0.3 is 10.6 Å². The zero-order valence-corrected chi connectivity index (χ0v) is 10.7. The first-order valence-corrected chi connectivity index (χ1v) is 6.17. The standard InChI is InChI=1S/C15H16N4/c16-9-5-11-19(14-7-2-1-3-8-14)12-13-6-4-10-18-15(13)17/h1-4,6-8,10H,5,11-12H2,(H2,17,18). The molecule has 0 saturated carbocycles. The Morgan fingerprint density at radius 2 is 1.95 bits per heavy atom. The van der Waals surface area contributed by atoms with Crippen LogP contribution in [0.3, 0.4) is 0 Å². The molecule has 1 aromatic heterocycles. The molecule has 0 fully saturated rings. The number of pyridine rings is 1. The maximum Gasteiger partial charge on any atom is 0.128 e. The highest BCUT2D eigenvalue weighted by Crippen LogP contribution is 2.19. The number of nitrogens with zero attached hydrogens (tertiary/aromatic N) is 3. The zero-order chi connectivity index (χ0) is 13.5. The van der Waals surface area contributed by atoms with Crippen molar-refractivity contribution in [3.63, 3.8) is 0 Å². The smallest absolute Gasteiger partial charge is 0.128 e. The summed E-state index contributed by atoms with van der Waals surface area (Å²) >= 11 is 0. The van der Waals surface area contributed by atoms with Gasteiger partial charge in [-0.2, -0.15) is 5.26 Å². The summed E-state index contributed by atoms with van der Waals surface area (Å²) in [7, 11) is 0. The molecule has 4 heteroatoms. The third-order valence-corrected chi connectivity index (χ3v) is 2.90. The fourth-order valence-electron chi connectivity index (χ4n) is 1.91. The summed E-state index contributed by atoms with van der Waals surface area (Å²) in [6.45, 7) is 1.33. The van der Waals surface area contributed by atoms with Gasteiger partial charge in [-0.3, -0.25) is 0 Å². The van der Waals surface area contributed by atoms with Crippen LogP contribution < -0.4 is 10.6 Å². The number of nitrogen functional groups attached to an aromatic ring is 1. The molecule has 0 spiro atoms. The van der Waals surface area contributed by atoms with Gasteiger partial charge >= 0.3 is 0 Å². The van der Waals surface area contributed by atoms with Gasteiger partial charge in [0.1, 0.15) is 5.82 Å². The van der Waals surface area contributed by atoms with E-state index in [-0.39, 0.29) is 0 Å². The lowest BCUT2D eigenvalue weighted by Gasteiger charge is -2.24. The van der Waals surface area contributed by atoms with E-state index in [2.05, 4.69) is 16.0 Å². The third-order valence-electron chi connectivity index (χ3n) is 2.90. The van der Waals surface area contributed by atoms with Crippen LogP contribution in [-0.4, -0.2) is 11.5 Å². The molecule has 4 nitrogen and oxygen atoms in total. The summed E-state index contributed by atoms with van der Waals surface area (Å²) in [4.78, 5) is 6.23. The highest BCUT2D eigenvalue weighted by atomic mass is 15.1. The minimum atomic E-state index is 0.481. The van der Waals surface area contributed by atoms with Crippen LogP contribution in [0.2, 0.25) is 0 Å². The normalized spacial score (nSPS) is 9.84. The van der Waals surface area contributed by atoms with E-state index in [0.717, 1.165) is 11.3 Å². The largest absolute Gasteiger partial charge is 0.383 e. The van der Waals surface area contributed by atoms with E-state index in [1.165, 1.54) is 0 Å². The first kappa shape index (κ1) is 12.9. The Labute approximate surface area is 113 Å². The lowest BCUT2D eigenvalue weighted by atomic mass is 10.2. The highest BCUT2D eigenvalue weighted by molar-refractivity contribution is 5.49. The predicted octanol–water partition coefficient (Wildman–Crippen LogP) is 2.58. The van der Waals surface area contributed by atoms with Crippen LogP contribution in [0.1, 0.15) is 12.0 Å². The average molecular weight is 252 g/mol. The molecule has 96 valence electrons. The summed E-state index contributed by atoms with van der Waals surface area (Å²) in [5.41, 5.74) is 7.93. The second-order valence-electron chi connectivity index (χ2n) is 4.21. The van der Waals surface area contributed by atoms with E-state index in [1.54, 1.807) is 6.20 Å². The van der Waals surface area contributed by atoms with Crippen LogP contribution >= 0.6 is 0 Å². The number of benzene rings is 1. The molecule has 1 heterocycles. The molecule has 19 heavy (non-hydrogen) atoms. The molecule has 2 N–H and O–H groups in total. The monoisotopic (exact) mass is 252 g/mol. The van der Waals surface area contributed by atoms with Crippen LogP contribution in [0.4, 0.5) is 11.5 Å². The molecule has 0 unspecified atom stereocenters. The number of hydrogen-bond donors (Lipinski definition) is 1. The molecule has 0 aliphatic heterocycles. The Morgan fingerprint density at radius 3 is 2.63 bits per heavy atom. The van der Waals surface area contributed by atoms with Gasteiger partial charge in [-0.15, -0.1) is 0 Å². The average Bonchev–Trinajstić information content (AvgIpc) is 2.46. The first-order valence-electron chi connectivity index (χ1n) is 6.17. The van der Waals surface area contributed by atoms with Gasteiger partial charge in [0.25, 0.3) is 0 Å². The van der Waals surface area contributed by atoms with Crippen LogP contribution in [0.5, 0.6) is 0 Å². The minimum absolute atomic E-state index is 0.481. The minimum Gasteiger partial charge on any atom is -0.383 e. The van der Waals surface area contributed by atoms with Crippen LogP contribution in [0.15, 0.2) is 48.7 Å². The van der Waals surface area contributed by atoms with Crippen molar-refractivity contribution < 1.29 is 0 Å². The van der Waals surface area contributed by atoms with Crippen molar-refractivity contribution >= 4 is 11.5 Å². The fourth-order valence-corrected chi connectivity index (χ4v) is 1.91. The van der Waals surface area contributed by atoms with Gasteiger partial charge in [-0.05, 0) is 18.2 Å². The number of anilines is 2. The number of hydrogen-bond acceptors (Lipinski definition) is 4.